The lowest BCUT2D eigenvalue weighted by atomic mass is 10.3. The summed E-state index contributed by atoms with van der Waals surface area (Å²) in [7, 11) is -7.28. The highest BCUT2D eigenvalue weighted by Gasteiger charge is 2.38. The highest BCUT2D eigenvalue weighted by molar-refractivity contribution is 7.91. The van der Waals surface area contributed by atoms with Crippen molar-refractivity contribution in [2.45, 2.75) is 28.7 Å². The van der Waals surface area contributed by atoms with E-state index < -0.39 is 25.9 Å². The highest BCUT2D eigenvalue weighted by Crippen LogP contribution is 2.28. The second kappa shape index (κ2) is 6.62. The van der Waals surface area contributed by atoms with Crippen LogP contribution >= 0.6 is 0 Å². The van der Waals surface area contributed by atoms with E-state index in [4.69, 9.17) is 0 Å². The Morgan fingerprint density at radius 1 is 1.00 bits per heavy atom. The average Bonchev–Trinajstić information content (AvgIpc) is 3.05. The molecule has 0 aliphatic carbocycles. The molecule has 1 saturated heterocycles. The Balaban J connectivity index is 1.87. The molecule has 8 heteroatoms. The van der Waals surface area contributed by atoms with Crippen molar-refractivity contribution in [2.75, 3.05) is 12.3 Å². The number of sulfonamides is 1. The predicted octanol–water partition coefficient (Wildman–Crippen LogP) is 1.71. The van der Waals surface area contributed by atoms with E-state index in [1.54, 1.807) is 24.3 Å². The number of rotatable bonds is 5. The third-order valence-electron chi connectivity index (χ3n) is 4.08. The summed E-state index contributed by atoms with van der Waals surface area (Å²) < 4.78 is 51.9. The standard InChI is InChI=1S/C16H18N2O4S2/c19-23(20,15-7-2-1-3-8-15)13-14-6-5-11-18(14)24(21,22)16-9-4-10-17-12-16/h1-4,7-10,12,14H,5-6,11,13H2/t14-/m1/s1. The van der Waals surface area contributed by atoms with Crippen LogP contribution in [0.15, 0.2) is 64.6 Å². The van der Waals surface area contributed by atoms with Crippen LogP contribution in [0.1, 0.15) is 12.8 Å². The van der Waals surface area contributed by atoms with E-state index in [-0.39, 0.29) is 15.5 Å². The third-order valence-corrected chi connectivity index (χ3v) is 7.83. The van der Waals surface area contributed by atoms with Gasteiger partial charge in [-0.3, -0.25) is 4.98 Å². The van der Waals surface area contributed by atoms with Gasteiger partial charge in [0.2, 0.25) is 10.0 Å². The van der Waals surface area contributed by atoms with E-state index in [0.29, 0.717) is 19.4 Å². The maximum atomic E-state index is 12.8. The van der Waals surface area contributed by atoms with Crippen molar-refractivity contribution in [1.29, 1.82) is 0 Å². The number of aromatic nitrogens is 1. The molecule has 1 aliphatic rings. The summed E-state index contributed by atoms with van der Waals surface area (Å²) in [6.45, 7) is 0.326. The molecule has 1 aromatic carbocycles. The van der Waals surface area contributed by atoms with Gasteiger partial charge in [-0.25, -0.2) is 16.8 Å². The monoisotopic (exact) mass is 366 g/mol. The molecule has 1 atom stereocenters. The fourth-order valence-corrected chi connectivity index (χ4v) is 6.27. The van der Waals surface area contributed by atoms with Crippen molar-refractivity contribution in [2.24, 2.45) is 0 Å². The lowest BCUT2D eigenvalue weighted by molar-refractivity contribution is 0.407. The van der Waals surface area contributed by atoms with Crippen LogP contribution in [-0.2, 0) is 19.9 Å². The van der Waals surface area contributed by atoms with Gasteiger partial charge in [0.1, 0.15) is 4.90 Å². The zero-order chi connectivity index (χ0) is 17.2. The fraction of sp³-hybridized carbons (Fsp3) is 0.312. The van der Waals surface area contributed by atoms with E-state index in [1.807, 2.05) is 0 Å². The summed E-state index contributed by atoms with van der Waals surface area (Å²) in [5.74, 6) is -0.212. The highest BCUT2D eigenvalue weighted by atomic mass is 32.2. The number of nitrogens with zero attached hydrogens (tertiary/aromatic N) is 2. The van der Waals surface area contributed by atoms with Crippen molar-refractivity contribution in [3.8, 4) is 0 Å². The maximum Gasteiger partial charge on any atom is 0.244 e. The van der Waals surface area contributed by atoms with Crippen LogP contribution in [0.3, 0.4) is 0 Å². The summed E-state index contributed by atoms with van der Waals surface area (Å²) >= 11 is 0. The van der Waals surface area contributed by atoms with Gasteiger partial charge in [-0.15, -0.1) is 0 Å². The Morgan fingerprint density at radius 3 is 2.38 bits per heavy atom. The van der Waals surface area contributed by atoms with E-state index in [0.717, 1.165) is 0 Å². The largest absolute Gasteiger partial charge is 0.263 e. The average molecular weight is 366 g/mol. The Hall–Kier alpha value is -1.77. The SMILES string of the molecule is O=S(=O)(C[C@H]1CCCN1S(=O)(=O)c1cccnc1)c1ccccc1. The Morgan fingerprint density at radius 2 is 1.71 bits per heavy atom. The minimum Gasteiger partial charge on any atom is -0.263 e. The smallest absolute Gasteiger partial charge is 0.244 e. The summed E-state index contributed by atoms with van der Waals surface area (Å²) in [5, 5.41) is 0. The second-order valence-corrected chi connectivity index (χ2v) is 9.62. The van der Waals surface area contributed by atoms with Gasteiger partial charge in [0, 0.05) is 25.0 Å². The van der Waals surface area contributed by atoms with Crippen LogP contribution in [-0.4, -0.2) is 44.5 Å². The Bertz CT molecular complexity index is 898. The topological polar surface area (TPSA) is 84.4 Å². The molecule has 1 fully saturated rings. The van der Waals surface area contributed by atoms with Crippen molar-refractivity contribution in [1.82, 2.24) is 9.29 Å². The quantitative estimate of drug-likeness (QED) is 0.804. The van der Waals surface area contributed by atoms with Gasteiger partial charge < -0.3 is 0 Å². The number of pyridine rings is 1. The Kier molecular flexibility index (Phi) is 4.71. The van der Waals surface area contributed by atoms with Crippen molar-refractivity contribution < 1.29 is 16.8 Å². The van der Waals surface area contributed by atoms with Gasteiger partial charge in [-0.2, -0.15) is 4.31 Å². The second-order valence-electron chi connectivity index (χ2n) is 5.70. The molecule has 0 N–H and O–H groups in total. The molecular formula is C16H18N2O4S2. The maximum absolute atomic E-state index is 12.8. The van der Waals surface area contributed by atoms with Gasteiger partial charge in [-0.1, -0.05) is 18.2 Å². The van der Waals surface area contributed by atoms with Crippen molar-refractivity contribution in [3.63, 3.8) is 0 Å². The number of sulfone groups is 1. The fourth-order valence-electron chi connectivity index (χ4n) is 2.90. The first-order valence-corrected chi connectivity index (χ1v) is 10.7. The van der Waals surface area contributed by atoms with Gasteiger partial charge in [-0.05, 0) is 37.1 Å². The normalized spacial score (nSPS) is 19.4. The number of hydrogen-bond donors (Lipinski definition) is 0. The first-order chi connectivity index (χ1) is 11.4. The van der Waals surface area contributed by atoms with Crippen LogP contribution in [0.25, 0.3) is 0 Å². The van der Waals surface area contributed by atoms with Gasteiger partial charge >= 0.3 is 0 Å². The summed E-state index contributed by atoms with van der Waals surface area (Å²) in [5.41, 5.74) is 0. The number of hydrogen-bond acceptors (Lipinski definition) is 5. The summed E-state index contributed by atoms with van der Waals surface area (Å²) in [4.78, 5) is 4.16. The molecule has 128 valence electrons. The molecular weight excluding hydrogens is 348 g/mol. The lowest BCUT2D eigenvalue weighted by Gasteiger charge is -2.23. The van der Waals surface area contributed by atoms with Crippen LogP contribution in [0, 0.1) is 0 Å². The molecule has 1 aromatic heterocycles. The zero-order valence-corrected chi connectivity index (χ0v) is 14.6. The number of benzene rings is 1. The Labute approximate surface area is 142 Å². The van der Waals surface area contributed by atoms with E-state index in [9.17, 15) is 16.8 Å². The van der Waals surface area contributed by atoms with Gasteiger partial charge in [0.05, 0.1) is 10.6 Å². The molecule has 6 nitrogen and oxygen atoms in total. The predicted molar refractivity (Wildman–Crippen MR) is 89.6 cm³/mol. The van der Waals surface area contributed by atoms with Crippen molar-refractivity contribution in [3.05, 3.63) is 54.9 Å². The first-order valence-electron chi connectivity index (χ1n) is 7.61. The van der Waals surface area contributed by atoms with Crippen molar-refractivity contribution >= 4 is 19.9 Å². The molecule has 0 saturated carbocycles. The molecule has 0 amide bonds. The molecule has 0 bridgehead atoms. The molecule has 0 spiro atoms. The molecule has 1 aliphatic heterocycles. The van der Waals surface area contributed by atoms with Crippen LogP contribution < -0.4 is 0 Å². The van der Waals surface area contributed by atoms with E-state index >= 15 is 0 Å². The van der Waals surface area contributed by atoms with Gasteiger partial charge in [0.15, 0.2) is 9.84 Å². The zero-order valence-electron chi connectivity index (χ0n) is 12.9. The molecule has 0 unspecified atom stereocenters. The molecule has 0 radical (unpaired) electrons. The lowest BCUT2D eigenvalue weighted by Crippen LogP contribution is -2.39. The minimum atomic E-state index is -3.74. The van der Waals surface area contributed by atoms with Crippen LogP contribution in [0.5, 0.6) is 0 Å². The summed E-state index contributed by atoms with van der Waals surface area (Å²) in [6.07, 6.45) is 3.97. The van der Waals surface area contributed by atoms with Gasteiger partial charge in [0.25, 0.3) is 0 Å². The third kappa shape index (κ3) is 3.35. The summed E-state index contributed by atoms with van der Waals surface area (Å²) in [6, 6.07) is 10.6. The molecule has 2 aromatic rings. The van der Waals surface area contributed by atoms with Crippen LogP contribution in [0.2, 0.25) is 0 Å². The van der Waals surface area contributed by atoms with Crippen LogP contribution in [0.4, 0.5) is 0 Å². The molecule has 2 heterocycles. The minimum absolute atomic E-state index is 0.0917. The molecule has 24 heavy (non-hydrogen) atoms. The molecule has 3 rings (SSSR count). The van der Waals surface area contributed by atoms with E-state index in [2.05, 4.69) is 4.98 Å². The first kappa shape index (κ1) is 17.1. The van der Waals surface area contributed by atoms with E-state index in [1.165, 1.54) is 34.9 Å².